The van der Waals surface area contributed by atoms with E-state index in [2.05, 4.69) is 0 Å². The lowest BCUT2D eigenvalue weighted by molar-refractivity contribution is -0.197. The fraction of sp³-hybridized carbons (Fsp3) is 0.533. The van der Waals surface area contributed by atoms with Gasteiger partial charge < -0.3 is 9.57 Å². The first-order valence-corrected chi connectivity index (χ1v) is 6.60. The Morgan fingerprint density at radius 1 is 1.32 bits per heavy atom. The van der Waals surface area contributed by atoms with Crippen LogP contribution < -0.4 is 4.84 Å². The summed E-state index contributed by atoms with van der Waals surface area (Å²) in [6.07, 6.45) is 0.779. The second-order valence-electron chi connectivity index (χ2n) is 5.84. The number of ether oxygens (including phenoxy) is 1. The van der Waals surface area contributed by atoms with Crippen molar-refractivity contribution in [2.45, 2.75) is 45.8 Å². The molecule has 1 aliphatic heterocycles. The highest BCUT2D eigenvalue weighted by Crippen LogP contribution is 2.25. The maximum Gasteiger partial charge on any atom is 0.327 e. The van der Waals surface area contributed by atoms with Crippen LogP contribution in [0.1, 0.15) is 32.8 Å². The summed E-state index contributed by atoms with van der Waals surface area (Å²) in [4.78, 5) is 17.7. The van der Waals surface area contributed by atoms with Gasteiger partial charge in [-0.15, -0.1) is 5.06 Å². The third kappa shape index (κ3) is 3.47. The number of carbonyl (C=O) groups excluding carboxylic acids is 1. The Morgan fingerprint density at radius 3 is 2.53 bits per heavy atom. The lowest BCUT2D eigenvalue weighted by atomic mass is 10.1. The molecule has 0 aromatic heterocycles. The first-order valence-electron chi connectivity index (χ1n) is 6.60. The molecule has 4 nitrogen and oxygen atoms in total. The molecule has 1 aromatic carbocycles. The average Bonchev–Trinajstić information content (AvgIpc) is 2.23. The molecular formula is C15H21NO3. The van der Waals surface area contributed by atoms with Crippen LogP contribution in [-0.4, -0.2) is 29.2 Å². The summed E-state index contributed by atoms with van der Waals surface area (Å²) in [5.74, 6) is 0.572. The van der Waals surface area contributed by atoms with E-state index in [9.17, 15) is 4.79 Å². The molecule has 0 N–H and O–H groups in total. The molecule has 2 rings (SSSR count). The maximum atomic E-state index is 12.0. The van der Waals surface area contributed by atoms with Crippen molar-refractivity contribution in [2.24, 2.45) is 0 Å². The maximum absolute atomic E-state index is 12.0. The Hall–Kier alpha value is -1.55. The number of hydrogen-bond acceptors (Lipinski definition) is 4. The Kier molecular flexibility index (Phi) is 3.80. The van der Waals surface area contributed by atoms with Crippen LogP contribution in [0.2, 0.25) is 0 Å². The van der Waals surface area contributed by atoms with Crippen LogP contribution in [0.4, 0.5) is 0 Å². The van der Waals surface area contributed by atoms with E-state index < -0.39 is 5.60 Å². The zero-order valence-corrected chi connectivity index (χ0v) is 12.0. The van der Waals surface area contributed by atoms with Gasteiger partial charge in [-0.05, 0) is 45.7 Å². The summed E-state index contributed by atoms with van der Waals surface area (Å²) < 4.78 is 5.38. The summed E-state index contributed by atoms with van der Waals surface area (Å²) in [5.41, 5.74) is 0.596. The van der Waals surface area contributed by atoms with Gasteiger partial charge in [-0.1, -0.05) is 18.2 Å². The van der Waals surface area contributed by atoms with Crippen molar-refractivity contribution in [3.05, 3.63) is 29.8 Å². The number of carbonyl (C=O) groups is 1. The molecule has 1 aromatic rings. The largest absolute Gasteiger partial charge is 0.459 e. The molecule has 0 aliphatic carbocycles. The van der Waals surface area contributed by atoms with E-state index in [1.165, 1.54) is 0 Å². The number of para-hydroxylation sites is 1. The molecule has 1 fully saturated rings. The third-order valence-corrected chi connectivity index (χ3v) is 2.96. The molecule has 0 spiro atoms. The van der Waals surface area contributed by atoms with Crippen molar-refractivity contribution >= 4 is 5.97 Å². The lowest BCUT2D eigenvalue weighted by Gasteiger charge is -2.39. The standard InChI is InChI=1S/C15H21NO3/c1-11-7-5-6-8-13(11)19-16-10-9-12(16)14(17)18-15(2,3)4/h5-8,12H,9-10H2,1-4H3. The van der Waals surface area contributed by atoms with Gasteiger partial charge in [0.25, 0.3) is 0 Å². The highest BCUT2D eigenvalue weighted by molar-refractivity contribution is 5.77. The number of aryl methyl sites for hydroxylation is 1. The zero-order valence-electron chi connectivity index (χ0n) is 12.0. The monoisotopic (exact) mass is 263 g/mol. The van der Waals surface area contributed by atoms with Gasteiger partial charge >= 0.3 is 5.97 Å². The van der Waals surface area contributed by atoms with Crippen molar-refractivity contribution in [3.63, 3.8) is 0 Å². The minimum absolute atomic E-state index is 0.215. The second-order valence-corrected chi connectivity index (χ2v) is 5.84. The smallest absolute Gasteiger partial charge is 0.327 e. The van der Waals surface area contributed by atoms with Crippen molar-refractivity contribution in [1.29, 1.82) is 0 Å². The number of nitrogens with zero attached hydrogens (tertiary/aromatic N) is 1. The first-order chi connectivity index (χ1) is 8.87. The number of benzene rings is 1. The summed E-state index contributed by atoms with van der Waals surface area (Å²) in [5, 5.41) is 1.69. The lowest BCUT2D eigenvalue weighted by Crippen LogP contribution is -2.55. The molecule has 1 heterocycles. The third-order valence-electron chi connectivity index (χ3n) is 2.96. The summed E-state index contributed by atoms with van der Waals surface area (Å²) in [6, 6.07) is 7.48. The van der Waals surface area contributed by atoms with Crippen LogP contribution in [0.15, 0.2) is 24.3 Å². The fourth-order valence-electron chi connectivity index (χ4n) is 1.86. The molecule has 0 radical (unpaired) electrons. The van der Waals surface area contributed by atoms with Crippen molar-refractivity contribution in [3.8, 4) is 5.75 Å². The predicted molar refractivity (Wildman–Crippen MR) is 72.8 cm³/mol. The van der Waals surface area contributed by atoms with E-state index in [0.717, 1.165) is 24.3 Å². The molecule has 0 amide bonds. The van der Waals surface area contributed by atoms with Crippen LogP contribution >= 0.6 is 0 Å². The zero-order chi connectivity index (χ0) is 14.0. The van der Waals surface area contributed by atoms with E-state index in [-0.39, 0.29) is 12.0 Å². The molecule has 19 heavy (non-hydrogen) atoms. The number of rotatable bonds is 3. The SMILES string of the molecule is Cc1ccccc1ON1CCC1C(=O)OC(C)(C)C. The minimum atomic E-state index is -0.457. The highest BCUT2D eigenvalue weighted by Gasteiger charge is 2.39. The normalized spacial score (nSPS) is 19.7. The first kappa shape index (κ1) is 13.9. The van der Waals surface area contributed by atoms with E-state index in [1.807, 2.05) is 52.0 Å². The summed E-state index contributed by atoms with van der Waals surface area (Å²) >= 11 is 0. The molecule has 1 unspecified atom stereocenters. The van der Waals surface area contributed by atoms with Gasteiger partial charge in [0.1, 0.15) is 17.4 Å². The summed E-state index contributed by atoms with van der Waals surface area (Å²) in [7, 11) is 0. The average molecular weight is 263 g/mol. The molecular weight excluding hydrogens is 242 g/mol. The van der Waals surface area contributed by atoms with Gasteiger partial charge in [0.15, 0.2) is 0 Å². The Labute approximate surface area is 114 Å². The summed E-state index contributed by atoms with van der Waals surface area (Å²) in [6.45, 7) is 8.35. The number of esters is 1. The topological polar surface area (TPSA) is 38.8 Å². The van der Waals surface area contributed by atoms with Crippen LogP contribution in [0.3, 0.4) is 0 Å². The van der Waals surface area contributed by atoms with Gasteiger partial charge in [-0.2, -0.15) is 0 Å². The van der Waals surface area contributed by atoms with Gasteiger partial charge in [0, 0.05) is 6.54 Å². The van der Waals surface area contributed by atoms with E-state index in [4.69, 9.17) is 9.57 Å². The molecule has 4 heteroatoms. The van der Waals surface area contributed by atoms with Crippen LogP contribution in [0.5, 0.6) is 5.75 Å². The van der Waals surface area contributed by atoms with Crippen LogP contribution in [-0.2, 0) is 9.53 Å². The second kappa shape index (κ2) is 5.21. The van der Waals surface area contributed by atoms with Crippen LogP contribution in [0.25, 0.3) is 0 Å². The molecule has 1 aliphatic rings. The fourth-order valence-corrected chi connectivity index (χ4v) is 1.86. The molecule has 0 saturated carbocycles. The van der Waals surface area contributed by atoms with Crippen LogP contribution in [0, 0.1) is 6.92 Å². The Balaban J connectivity index is 1.96. The minimum Gasteiger partial charge on any atom is -0.459 e. The predicted octanol–water partition coefficient (Wildman–Crippen LogP) is 2.70. The molecule has 104 valence electrons. The van der Waals surface area contributed by atoms with E-state index in [0.29, 0.717) is 0 Å². The molecule has 1 saturated heterocycles. The molecule has 0 bridgehead atoms. The number of hydrogen-bond donors (Lipinski definition) is 0. The van der Waals surface area contributed by atoms with Gasteiger partial charge in [0.2, 0.25) is 0 Å². The number of hydroxylamine groups is 2. The highest BCUT2D eigenvalue weighted by atomic mass is 16.7. The van der Waals surface area contributed by atoms with E-state index >= 15 is 0 Å². The quantitative estimate of drug-likeness (QED) is 0.786. The van der Waals surface area contributed by atoms with Crippen molar-refractivity contribution < 1.29 is 14.4 Å². The van der Waals surface area contributed by atoms with E-state index in [1.54, 1.807) is 5.06 Å². The Morgan fingerprint density at radius 2 is 2.00 bits per heavy atom. The van der Waals surface area contributed by atoms with Gasteiger partial charge in [-0.25, -0.2) is 0 Å². The van der Waals surface area contributed by atoms with Gasteiger partial charge in [-0.3, -0.25) is 4.79 Å². The Bertz CT molecular complexity index is 465. The van der Waals surface area contributed by atoms with Crippen molar-refractivity contribution in [2.75, 3.05) is 6.54 Å². The molecule has 1 atom stereocenters. The van der Waals surface area contributed by atoms with Gasteiger partial charge in [0.05, 0.1) is 0 Å². The van der Waals surface area contributed by atoms with Crippen molar-refractivity contribution in [1.82, 2.24) is 5.06 Å².